The van der Waals surface area contributed by atoms with Crippen molar-refractivity contribution in [3.8, 4) is 0 Å². The number of carbonyl (C=O) groups is 4. The molecule has 0 aliphatic rings. The molecule has 12 nitrogen and oxygen atoms in total. The van der Waals surface area contributed by atoms with E-state index in [1.807, 2.05) is 36.4 Å². The largest absolute Gasteiger partial charge is 0.479 e. The van der Waals surface area contributed by atoms with Crippen LogP contribution in [0.5, 0.6) is 0 Å². The van der Waals surface area contributed by atoms with Crippen LogP contribution in [0.1, 0.15) is 21.0 Å². The van der Waals surface area contributed by atoms with Gasteiger partial charge in [-0.2, -0.15) is 0 Å². The zero-order valence-corrected chi connectivity index (χ0v) is 18.3. The molecule has 4 aromatic rings. The first-order valence-corrected chi connectivity index (χ1v) is 10.0. The first-order chi connectivity index (χ1) is 17.0. The summed E-state index contributed by atoms with van der Waals surface area (Å²) in [5.74, 6) is -5.53. The molecule has 0 amide bonds. The third kappa shape index (κ3) is 7.55. The van der Waals surface area contributed by atoms with Crippen LogP contribution in [-0.4, -0.2) is 76.7 Å². The Morgan fingerprint density at radius 1 is 0.528 bits per heavy atom. The van der Waals surface area contributed by atoms with E-state index in [-0.39, 0.29) is 11.4 Å². The Bertz CT molecular complexity index is 1300. The first kappa shape index (κ1) is 27.3. The van der Waals surface area contributed by atoms with Crippen LogP contribution in [0.3, 0.4) is 0 Å². The number of aliphatic hydroxyl groups excluding tert-OH is 2. The number of nitrogens with zero attached hydrogens (tertiary/aromatic N) is 2. The Kier molecular flexibility index (Phi) is 9.48. The normalized spacial score (nSPS) is 11.7. The number of aliphatic carboxylic acids is 2. The Morgan fingerprint density at radius 3 is 1.17 bits per heavy atom. The highest BCUT2D eigenvalue weighted by Gasteiger charge is 2.29. The SMILES string of the molecule is O=C(O)[C@H](O)[C@@H](O)C(=O)O.O=C(O)c1ccc2ccccc2n1.O=C(O)c1ccc2ccccc2n1. The van der Waals surface area contributed by atoms with Crippen molar-refractivity contribution in [1.29, 1.82) is 0 Å². The van der Waals surface area contributed by atoms with E-state index in [9.17, 15) is 19.2 Å². The Morgan fingerprint density at radius 2 is 0.861 bits per heavy atom. The predicted octanol–water partition coefficient (Wildman–Crippen LogP) is 1.74. The topological polar surface area (TPSA) is 215 Å². The van der Waals surface area contributed by atoms with E-state index in [0.29, 0.717) is 11.0 Å². The molecule has 2 heterocycles. The average Bonchev–Trinajstić information content (AvgIpc) is 2.87. The molecule has 4 rings (SSSR count). The van der Waals surface area contributed by atoms with Crippen molar-refractivity contribution in [3.05, 3.63) is 84.2 Å². The molecule has 0 saturated carbocycles. The summed E-state index contributed by atoms with van der Waals surface area (Å²) in [5, 5.41) is 51.8. The van der Waals surface area contributed by atoms with E-state index < -0.39 is 36.1 Å². The lowest BCUT2D eigenvalue weighted by Gasteiger charge is -2.07. The van der Waals surface area contributed by atoms with E-state index >= 15 is 0 Å². The maximum Gasteiger partial charge on any atom is 0.354 e. The van der Waals surface area contributed by atoms with Crippen molar-refractivity contribution in [2.75, 3.05) is 0 Å². The summed E-state index contributed by atoms with van der Waals surface area (Å²) in [6.45, 7) is 0. The number of aromatic nitrogens is 2. The van der Waals surface area contributed by atoms with E-state index in [4.69, 9.17) is 30.6 Å². The minimum atomic E-state index is -2.27. The molecule has 6 N–H and O–H groups in total. The first-order valence-electron chi connectivity index (χ1n) is 10.0. The second-order valence-corrected chi connectivity index (χ2v) is 6.95. The van der Waals surface area contributed by atoms with Crippen molar-refractivity contribution in [1.82, 2.24) is 9.97 Å². The summed E-state index contributed by atoms with van der Waals surface area (Å²) in [5.41, 5.74) is 1.59. The minimum Gasteiger partial charge on any atom is -0.479 e. The van der Waals surface area contributed by atoms with E-state index in [0.717, 1.165) is 10.8 Å². The van der Waals surface area contributed by atoms with E-state index in [2.05, 4.69) is 9.97 Å². The van der Waals surface area contributed by atoms with Gasteiger partial charge in [-0.1, -0.05) is 48.5 Å². The zero-order valence-electron chi connectivity index (χ0n) is 18.3. The summed E-state index contributed by atoms with van der Waals surface area (Å²) in [6.07, 6.45) is -4.53. The summed E-state index contributed by atoms with van der Waals surface area (Å²) >= 11 is 0. The third-order valence-corrected chi connectivity index (χ3v) is 4.44. The summed E-state index contributed by atoms with van der Waals surface area (Å²) in [7, 11) is 0. The summed E-state index contributed by atoms with van der Waals surface area (Å²) in [6, 6.07) is 21.4. The van der Waals surface area contributed by atoms with Crippen molar-refractivity contribution in [2.45, 2.75) is 12.2 Å². The molecule has 2 aromatic carbocycles. The molecule has 0 radical (unpaired) electrons. The number of carboxylic acid groups (broad SMARTS) is 4. The number of aliphatic hydroxyl groups is 2. The van der Waals surface area contributed by atoms with Crippen LogP contribution < -0.4 is 0 Å². The molecule has 0 aliphatic heterocycles. The van der Waals surface area contributed by atoms with E-state index in [1.165, 1.54) is 12.1 Å². The molecule has 0 fully saturated rings. The van der Waals surface area contributed by atoms with Crippen molar-refractivity contribution >= 4 is 45.7 Å². The maximum absolute atomic E-state index is 10.6. The van der Waals surface area contributed by atoms with Gasteiger partial charge < -0.3 is 30.6 Å². The van der Waals surface area contributed by atoms with Crippen molar-refractivity contribution in [3.63, 3.8) is 0 Å². The lowest BCUT2D eigenvalue weighted by Crippen LogP contribution is -2.39. The highest BCUT2D eigenvalue weighted by atomic mass is 16.4. The maximum atomic E-state index is 10.6. The lowest BCUT2D eigenvalue weighted by molar-refractivity contribution is -0.165. The predicted molar refractivity (Wildman–Crippen MR) is 125 cm³/mol. The number of carboxylic acids is 4. The highest BCUT2D eigenvalue weighted by molar-refractivity contribution is 5.90. The average molecular weight is 496 g/mol. The van der Waals surface area contributed by atoms with Gasteiger partial charge in [0.1, 0.15) is 11.4 Å². The number of benzene rings is 2. The standard InChI is InChI=1S/2C10H7NO2.C4H6O6/c2*12-10(13)9-6-5-7-3-1-2-4-8(7)11-9;5-1(3(7)8)2(6)4(9)10/h2*1-6H,(H,12,13);1-2,5-6H,(H,7,8)(H,9,10)/t;;1-,2-/m..1/s1. The zero-order chi connectivity index (χ0) is 26.8. The minimum absolute atomic E-state index is 0.0821. The molecular weight excluding hydrogens is 476 g/mol. The number of hydrogen-bond acceptors (Lipinski definition) is 8. The van der Waals surface area contributed by atoms with Crippen LogP contribution >= 0.6 is 0 Å². The Hall–Kier alpha value is -4.94. The van der Waals surface area contributed by atoms with E-state index in [1.54, 1.807) is 24.3 Å². The molecule has 12 heteroatoms. The quantitative estimate of drug-likeness (QED) is 0.233. The number of fused-ring (bicyclic) bond motifs is 2. The molecule has 2 aromatic heterocycles. The molecule has 0 unspecified atom stereocenters. The summed E-state index contributed by atoms with van der Waals surface area (Å²) < 4.78 is 0. The molecule has 0 aliphatic carbocycles. The number of aromatic carboxylic acids is 2. The molecular formula is C24H20N2O10. The molecule has 0 bridgehead atoms. The smallest absolute Gasteiger partial charge is 0.354 e. The second kappa shape index (κ2) is 12.5. The van der Waals surface area contributed by atoms with Crippen LogP contribution in [0, 0.1) is 0 Å². The fourth-order valence-electron chi connectivity index (χ4n) is 2.64. The lowest BCUT2D eigenvalue weighted by atomic mass is 10.2. The number of rotatable bonds is 5. The Balaban J connectivity index is 0.000000193. The molecule has 186 valence electrons. The van der Waals surface area contributed by atoms with Gasteiger partial charge in [0, 0.05) is 10.8 Å². The van der Waals surface area contributed by atoms with Gasteiger partial charge in [-0.3, -0.25) is 0 Å². The highest BCUT2D eigenvalue weighted by Crippen LogP contribution is 2.12. The van der Waals surface area contributed by atoms with Gasteiger partial charge >= 0.3 is 23.9 Å². The molecule has 0 saturated heterocycles. The van der Waals surface area contributed by atoms with Crippen molar-refractivity contribution in [2.24, 2.45) is 0 Å². The Labute approximate surface area is 202 Å². The van der Waals surface area contributed by atoms with Crippen LogP contribution in [0.15, 0.2) is 72.8 Å². The van der Waals surface area contributed by atoms with Crippen LogP contribution in [0.25, 0.3) is 21.8 Å². The van der Waals surface area contributed by atoms with Gasteiger partial charge in [0.15, 0.2) is 12.2 Å². The van der Waals surface area contributed by atoms with Gasteiger partial charge in [-0.25, -0.2) is 29.1 Å². The number of hydrogen-bond donors (Lipinski definition) is 6. The monoisotopic (exact) mass is 496 g/mol. The molecule has 0 spiro atoms. The molecule has 2 atom stereocenters. The van der Waals surface area contributed by atoms with Gasteiger partial charge in [0.25, 0.3) is 0 Å². The number of pyridine rings is 2. The van der Waals surface area contributed by atoms with Gasteiger partial charge in [-0.15, -0.1) is 0 Å². The fourth-order valence-corrected chi connectivity index (χ4v) is 2.64. The van der Waals surface area contributed by atoms with Crippen molar-refractivity contribution < 1.29 is 49.8 Å². The second-order valence-electron chi connectivity index (χ2n) is 6.95. The summed E-state index contributed by atoms with van der Waals surface area (Å²) in [4.78, 5) is 48.7. The van der Waals surface area contributed by atoms with Crippen LogP contribution in [0.2, 0.25) is 0 Å². The molecule has 36 heavy (non-hydrogen) atoms. The van der Waals surface area contributed by atoms with Crippen LogP contribution in [-0.2, 0) is 9.59 Å². The fraction of sp³-hybridized carbons (Fsp3) is 0.0833. The van der Waals surface area contributed by atoms with Gasteiger partial charge in [0.05, 0.1) is 11.0 Å². The van der Waals surface area contributed by atoms with Gasteiger partial charge in [0.2, 0.25) is 0 Å². The van der Waals surface area contributed by atoms with Crippen LogP contribution in [0.4, 0.5) is 0 Å². The van der Waals surface area contributed by atoms with Gasteiger partial charge in [-0.05, 0) is 24.3 Å². The number of para-hydroxylation sites is 2. The third-order valence-electron chi connectivity index (χ3n) is 4.44.